The number of thiazole rings is 1. The first-order valence-corrected chi connectivity index (χ1v) is 7.08. The van der Waals surface area contributed by atoms with Gasteiger partial charge in [0.15, 0.2) is 0 Å². The molecule has 0 bridgehead atoms. The van der Waals surface area contributed by atoms with Crippen molar-refractivity contribution in [2.24, 2.45) is 5.10 Å². The number of anilines is 1. The Morgan fingerprint density at radius 1 is 1.48 bits per heavy atom. The van der Waals surface area contributed by atoms with Crippen LogP contribution in [0.3, 0.4) is 0 Å². The first-order valence-electron chi connectivity index (χ1n) is 6.26. The molecule has 1 N–H and O–H groups in total. The lowest BCUT2D eigenvalue weighted by atomic mass is 10.2. The van der Waals surface area contributed by atoms with Gasteiger partial charge in [0.05, 0.1) is 19.0 Å². The van der Waals surface area contributed by atoms with Gasteiger partial charge in [-0.05, 0) is 24.1 Å². The smallest absolute Gasteiger partial charge is 0.350 e. The summed E-state index contributed by atoms with van der Waals surface area (Å²) in [5.74, 6) is -0.699. The van der Waals surface area contributed by atoms with E-state index in [1.807, 2.05) is 6.92 Å². The van der Waals surface area contributed by atoms with Gasteiger partial charge in [0.1, 0.15) is 10.7 Å². The van der Waals surface area contributed by atoms with E-state index in [0.29, 0.717) is 22.1 Å². The zero-order valence-electron chi connectivity index (χ0n) is 11.6. The van der Waals surface area contributed by atoms with Crippen molar-refractivity contribution in [2.75, 3.05) is 12.5 Å². The molecule has 7 heteroatoms. The molecular weight excluding hydrogens is 293 g/mol. The third-order valence-corrected chi connectivity index (χ3v) is 3.63. The van der Waals surface area contributed by atoms with E-state index >= 15 is 0 Å². The lowest BCUT2D eigenvalue weighted by Crippen LogP contribution is -2.01. The van der Waals surface area contributed by atoms with Crippen LogP contribution in [0, 0.1) is 5.82 Å². The van der Waals surface area contributed by atoms with Gasteiger partial charge in [-0.15, -0.1) is 0 Å². The van der Waals surface area contributed by atoms with Gasteiger partial charge in [-0.1, -0.05) is 30.4 Å². The number of nitrogens with one attached hydrogen (secondary N) is 1. The highest BCUT2D eigenvalue weighted by atomic mass is 32.1. The van der Waals surface area contributed by atoms with Crippen molar-refractivity contribution in [1.82, 2.24) is 4.98 Å². The Hall–Kier alpha value is -2.28. The Balaban J connectivity index is 2.08. The van der Waals surface area contributed by atoms with Crippen molar-refractivity contribution >= 4 is 28.7 Å². The zero-order chi connectivity index (χ0) is 15.2. The van der Waals surface area contributed by atoms with Gasteiger partial charge in [0, 0.05) is 0 Å². The van der Waals surface area contributed by atoms with E-state index in [2.05, 4.69) is 15.5 Å². The van der Waals surface area contributed by atoms with E-state index in [4.69, 9.17) is 4.74 Å². The van der Waals surface area contributed by atoms with Crippen molar-refractivity contribution in [3.05, 3.63) is 46.2 Å². The molecule has 1 aromatic carbocycles. The summed E-state index contributed by atoms with van der Waals surface area (Å²) in [5, 5.41) is 4.52. The molecule has 0 unspecified atom stereocenters. The topological polar surface area (TPSA) is 63.6 Å². The van der Waals surface area contributed by atoms with Crippen LogP contribution in [0.4, 0.5) is 9.52 Å². The summed E-state index contributed by atoms with van der Waals surface area (Å²) in [6.45, 7) is 1.91. The average molecular weight is 307 g/mol. The number of esters is 1. The van der Waals surface area contributed by atoms with E-state index in [1.54, 1.807) is 18.3 Å². The Kier molecular flexibility index (Phi) is 4.99. The normalized spacial score (nSPS) is 10.8. The summed E-state index contributed by atoms with van der Waals surface area (Å²) in [6, 6.07) is 5.93. The molecule has 110 valence electrons. The molecule has 0 aliphatic carbocycles. The fourth-order valence-electron chi connectivity index (χ4n) is 1.60. The number of carbonyl (C=O) groups excluding carboxylic acids is 1. The third-order valence-electron chi connectivity index (χ3n) is 2.65. The van der Waals surface area contributed by atoms with Gasteiger partial charge in [0.2, 0.25) is 5.13 Å². The SMILES string of the molecule is CCc1nc(N/N=C\c2ccc(F)cc2)sc1C(=O)OC. The van der Waals surface area contributed by atoms with E-state index < -0.39 is 5.97 Å². The molecule has 0 atom stereocenters. The molecule has 0 aliphatic rings. The maximum absolute atomic E-state index is 12.8. The molecule has 5 nitrogen and oxygen atoms in total. The number of methoxy groups -OCH3 is 1. The van der Waals surface area contributed by atoms with Crippen LogP contribution in [0.25, 0.3) is 0 Å². The molecule has 1 aromatic heterocycles. The second-order valence-corrected chi connectivity index (χ2v) is 5.06. The Morgan fingerprint density at radius 3 is 2.81 bits per heavy atom. The minimum absolute atomic E-state index is 0.296. The Bertz CT molecular complexity index is 653. The second kappa shape index (κ2) is 6.94. The van der Waals surface area contributed by atoms with Crippen molar-refractivity contribution in [3.8, 4) is 0 Å². The van der Waals surface area contributed by atoms with Crippen molar-refractivity contribution in [1.29, 1.82) is 0 Å². The lowest BCUT2D eigenvalue weighted by Gasteiger charge is -1.95. The van der Waals surface area contributed by atoms with Crippen LogP contribution in [-0.2, 0) is 11.2 Å². The van der Waals surface area contributed by atoms with Crippen LogP contribution >= 0.6 is 11.3 Å². The minimum Gasteiger partial charge on any atom is -0.465 e. The molecule has 0 saturated carbocycles. The van der Waals surface area contributed by atoms with Crippen molar-refractivity contribution in [3.63, 3.8) is 0 Å². The number of aromatic nitrogens is 1. The summed E-state index contributed by atoms with van der Waals surface area (Å²) in [7, 11) is 1.33. The number of carbonyl (C=O) groups is 1. The molecule has 2 rings (SSSR count). The molecule has 0 aliphatic heterocycles. The minimum atomic E-state index is -0.403. The van der Waals surface area contributed by atoms with Crippen LogP contribution in [0.1, 0.15) is 27.9 Å². The number of benzene rings is 1. The average Bonchev–Trinajstić information content (AvgIpc) is 2.92. The number of halogens is 1. The summed E-state index contributed by atoms with van der Waals surface area (Å²) in [6.07, 6.45) is 2.18. The Labute approximate surface area is 125 Å². The van der Waals surface area contributed by atoms with Crippen LogP contribution in [0.15, 0.2) is 29.4 Å². The molecule has 0 fully saturated rings. The van der Waals surface area contributed by atoms with E-state index in [-0.39, 0.29) is 5.82 Å². The number of hydrogen-bond acceptors (Lipinski definition) is 6. The van der Waals surface area contributed by atoms with E-state index in [9.17, 15) is 9.18 Å². The number of ether oxygens (including phenoxy) is 1. The fraction of sp³-hybridized carbons (Fsp3) is 0.214. The number of nitrogens with zero attached hydrogens (tertiary/aromatic N) is 2. The van der Waals surface area contributed by atoms with E-state index in [0.717, 1.165) is 5.56 Å². The van der Waals surface area contributed by atoms with Crippen molar-refractivity contribution in [2.45, 2.75) is 13.3 Å². The molecule has 2 aromatic rings. The highest BCUT2D eigenvalue weighted by Crippen LogP contribution is 2.24. The molecule has 1 heterocycles. The van der Waals surface area contributed by atoms with Crippen molar-refractivity contribution < 1.29 is 13.9 Å². The van der Waals surface area contributed by atoms with Crippen LogP contribution in [-0.4, -0.2) is 24.3 Å². The lowest BCUT2D eigenvalue weighted by molar-refractivity contribution is 0.0605. The first-order chi connectivity index (χ1) is 10.1. The van der Waals surface area contributed by atoms with Crippen LogP contribution in [0.5, 0.6) is 0 Å². The monoisotopic (exact) mass is 307 g/mol. The van der Waals surface area contributed by atoms with Gasteiger partial charge in [0.25, 0.3) is 0 Å². The molecular formula is C14H14FN3O2S. The quantitative estimate of drug-likeness (QED) is 0.524. The highest BCUT2D eigenvalue weighted by Gasteiger charge is 2.17. The number of hydrogen-bond donors (Lipinski definition) is 1. The summed E-state index contributed by atoms with van der Waals surface area (Å²) in [5.41, 5.74) is 4.18. The first kappa shape index (κ1) is 15.1. The molecule has 21 heavy (non-hydrogen) atoms. The molecule has 0 saturated heterocycles. The predicted octanol–water partition coefficient (Wildman–Crippen LogP) is 3.08. The predicted molar refractivity (Wildman–Crippen MR) is 80.4 cm³/mol. The zero-order valence-corrected chi connectivity index (χ0v) is 12.4. The number of aryl methyl sites for hydroxylation is 1. The highest BCUT2D eigenvalue weighted by molar-refractivity contribution is 7.17. The van der Waals surface area contributed by atoms with Gasteiger partial charge in [-0.3, -0.25) is 5.43 Å². The number of rotatable bonds is 5. The fourth-order valence-corrected chi connectivity index (χ4v) is 2.52. The molecule has 0 radical (unpaired) electrons. The third kappa shape index (κ3) is 3.85. The maximum atomic E-state index is 12.8. The number of hydrazone groups is 1. The van der Waals surface area contributed by atoms with Crippen LogP contribution in [0.2, 0.25) is 0 Å². The standard InChI is InChI=1S/C14H14FN3O2S/c1-3-11-12(13(19)20-2)21-14(17-11)18-16-8-9-4-6-10(15)7-5-9/h4-8H,3H2,1-2H3,(H,17,18)/b16-8-. The summed E-state index contributed by atoms with van der Waals surface area (Å²) in [4.78, 5) is 16.3. The second-order valence-electron chi connectivity index (χ2n) is 4.06. The van der Waals surface area contributed by atoms with Gasteiger partial charge < -0.3 is 4.74 Å². The largest absolute Gasteiger partial charge is 0.465 e. The Morgan fingerprint density at radius 2 is 2.19 bits per heavy atom. The van der Waals surface area contributed by atoms with Gasteiger partial charge >= 0.3 is 5.97 Å². The summed E-state index contributed by atoms with van der Waals surface area (Å²) >= 11 is 1.18. The maximum Gasteiger partial charge on any atom is 0.350 e. The van der Waals surface area contributed by atoms with E-state index in [1.165, 1.54) is 30.6 Å². The van der Waals surface area contributed by atoms with Crippen LogP contribution < -0.4 is 5.43 Å². The molecule has 0 spiro atoms. The van der Waals surface area contributed by atoms with Gasteiger partial charge in [-0.25, -0.2) is 14.2 Å². The van der Waals surface area contributed by atoms with Gasteiger partial charge in [-0.2, -0.15) is 5.10 Å². The molecule has 0 amide bonds. The summed E-state index contributed by atoms with van der Waals surface area (Å²) < 4.78 is 17.5.